The highest BCUT2D eigenvalue weighted by Crippen LogP contribution is 2.38. The molecule has 0 spiro atoms. The summed E-state index contributed by atoms with van der Waals surface area (Å²) in [5, 5.41) is 105. The van der Waals surface area contributed by atoms with E-state index in [4.69, 9.17) is 25.1 Å². The molecule has 0 radical (unpaired) electrons. The topological polar surface area (TPSA) is 285 Å². The normalized spacial score (nSPS) is 36.4. The number of hydrogen-bond donors (Lipinski definition) is 12. The van der Waals surface area contributed by atoms with Crippen LogP contribution in [0.5, 0.6) is 0 Å². The fourth-order valence-corrected chi connectivity index (χ4v) is 5.45. The summed E-state index contributed by atoms with van der Waals surface area (Å²) in [5.74, 6) is -4.53. The Morgan fingerprint density at radius 3 is 2.17 bits per heavy atom. The van der Waals surface area contributed by atoms with Crippen molar-refractivity contribution in [1.29, 1.82) is 0 Å². The molecule has 270 valence electrons. The molecule has 0 aliphatic carbocycles. The molecular weight excluding hydrogens is 612 g/mol. The first-order valence-electron chi connectivity index (χ1n) is 15.8. The zero-order valence-electron chi connectivity index (χ0n) is 27.1. The average Bonchev–Trinajstić information content (AvgIpc) is 2.98. The van der Waals surface area contributed by atoms with E-state index in [1.807, 2.05) is 13.8 Å². The fraction of sp³-hybridized carbons (Fsp3) is 0.900. The lowest BCUT2D eigenvalue weighted by molar-refractivity contribution is -0.307. The molecule has 9 unspecified atom stereocenters. The van der Waals surface area contributed by atoms with Gasteiger partial charge in [0.25, 0.3) is 0 Å². The van der Waals surface area contributed by atoms with Crippen LogP contribution < -0.4 is 11.1 Å². The van der Waals surface area contributed by atoms with Crippen molar-refractivity contribution >= 4 is 5.91 Å². The van der Waals surface area contributed by atoms with Crippen LogP contribution >= 0.6 is 0 Å². The van der Waals surface area contributed by atoms with Gasteiger partial charge in [0, 0.05) is 25.8 Å². The molecule has 1 amide bonds. The minimum absolute atomic E-state index is 0.0361. The standard InChI is InChI=1S/C30H56N2O14/c1-13(2)6-7-16(45-29-27(41)23(31)24(38)15(5)44-29)8-21-22(18(35)10-30(43,46-21)9-17(34)14(3)4)28(42)32-11-19(36)25(39)26(40)20(37)12-33/h6-7,13-27,29,33-41,43H,8-12,31H2,1-5H3,(H,32,42)/b7-6+/t15?,16-,17+,18-,19?,20?,21-,22+,23?,24?,25?,26?,27?,29?,30+/m0/s1. The van der Waals surface area contributed by atoms with Crippen molar-refractivity contribution in [1.82, 2.24) is 5.32 Å². The van der Waals surface area contributed by atoms with Crippen molar-refractivity contribution in [3.63, 3.8) is 0 Å². The van der Waals surface area contributed by atoms with Gasteiger partial charge in [-0.15, -0.1) is 0 Å². The number of allylic oxidation sites excluding steroid dienone is 1. The van der Waals surface area contributed by atoms with Crippen molar-refractivity contribution in [3.05, 3.63) is 12.2 Å². The molecule has 0 aromatic carbocycles. The first kappa shape index (κ1) is 40.8. The number of hydrogen-bond acceptors (Lipinski definition) is 15. The average molecular weight is 669 g/mol. The Balaban J connectivity index is 2.36. The Morgan fingerprint density at radius 2 is 1.61 bits per heavy atom. The molecular formula is C30H56N2O14. The van der Waals surface area contributed by atoms with Gasteiger partial charge in [-0.05, 0) is 18.8 Å². The summed E-state index contributed by atoms with van der Waals surface area (Å²) in [6, 6.07) is -1.09. The molecule has 16 heteroatoms. The summed E-state index contributed by atoms with van der Waals surface area (Å²) in [6.07, 6.45) is -14.4. The summed E-state index contributed by atoms with van der Waals surface area (Å²) in [4.78, 5) is 13.5. The molecule has 2 aliphatic heterocycles. The second-order valence-electron chi connectivity index (χ2n) is 13.3. The van der Waals surface area contributed by atoms with Gasteiger partial charge in [0.05, 0.1) is 61.3 Å². The number of amides is 1. The van der Waals surface area contributed by atoms with Gasteiger partial charge in [0.2, 0.25) is 5.91 Å². The van der Waals surface area contributed by atoms with Crippen LogP contribution in [0.4, 0.5) is 0 Å². The van der Waals surface area contributed by atoms with Crippen LogP contribution in [0.2, 0.25) is 0 Å². The molecule has 13 N–H and O–H groups in total. The van der Waals surface area contributed by atoms with E-state index in [-0.39, 0.29) is 24.7 Å². The summed E-state index contributed by atoms with van der Waals surface area (Å²) in [5.41, 5.74) is 5.97. The minimum atomic E-state index is -2.06. The molecule has 2 aliphatic rings. The van der Waals surface area contributed by atoms with Crippen LogP contribution in [0.1, 0.15) is 53.9 Å². The number of aliphatic hydroxyl groups is 10. The zero-order chi connectivity index (χ0) is 35.1. The number of ether oxygens (including phenoxy) is 3. The maximum atomic E-state index is 13.5. The van der Waals surface area contributed by atoms with Gasteiger partial charge >= 0.3 is 0 Å². The molecule has 2 saturated heterocycles. The third kappa shape index (κ3) is 11.1. The Morgan fingerprint density at radius 1 is 1.00 bits per heavy atom. The van der Waals surface area contributed by atoms with Crippen LogP contribution in [0.15, 0.2) is 12.2 Å². The highest BCUT2D eigenvalue weighted by Gasteiger charge is 2.51. The quantitative estimate of drug-likeness (QED) is 0.0702. The van der Waals surface area contributed by atoms with Crippen molar-refractivity contribution < 1.29 is 70.1 Å². The molecule has 2 rings (SSSR count). The summed E-state index contributed by atoms with van der Waals surface area (Å²) < 4.78 is 17.8. The Kier molecular flexibility index (Phi) is 15.9. The number of carbonyl (C=O) groups is 1. The van der Waals surface area contributed by atoms with E-state index in [9.17, 15) is 50.8 Å². The van der Waals surface area contributed by atoms with Gasteiger partial charge in [-0.3, -0.25) is 4.79 Å². The molecule has 2 heterocycles. The second kappa shape index (κ2) is 17.9. The van der Waals surface area contributed by atoms with E-state index in [0.29, 0.717) is 0 Å². The number of nitrogens with one attached hydrogen (secondary N) is 1. The Hall–Kier alpha value is -1.35. The third-order valence-electron chi connectivity index (χ3n) is 8.51. The van der Waals surface area contributed by atoms with Crippen molar-refractivity contribution in [2.24, 2.45) is 23.5 Å². The predicted octanol–water partition coefficient (Wildman–Crippen LogP) is -3.82. The van der Waals surface area contributed by atoms with Crippen molar-refractivity contribution in [3.8, 4) is 0 Å². The summed E-state index contributed by atoms with van der Waals surface area (Å²) >= 11 is 0. The lowest BCUT2D eigenvalue weighted by Crippen LogP contribution is -2.62. The molecule has 0 saturated carbocycles. The predicted molar refractivity (Wildman–Crippen MR) is 161 cm³/mol. The molecule has 46 heavy (non-hydrogen) atoms. The van der Waals surface area contributed by atoms with Crippen molar-refractivity contribution in [2.45, 2.75) is 139 Å². The third-order valence-corrected chi connectivity index (χ3v) is 8.51. The van der Waals surface area contributed by atoms with E-state index in [1.54, 1.807) is 32.9 Å². The van der Waals surface area contributed by atoms with Gasteiger partial charge in [0.1, 0.15) is 24.4 Å². The number of nitrogens with two attached hydrogens (primary N) is 1. The lowest BCUT2D eigenvalue weighted by Gasteiger charge is -2.46. The zero-order valence-corrected chi connectivity index (χ0v) is 27.1. The van der Waals surface area contributed by atoms with Gasteiger partial charge in [-0.1, -0.05) is 39.8 Å². The lowest BCUT2D eigenvalue weighted by atomic mass is 9.81. The van der Waals surface area contributed by atoms with Gasteiger partial charge in [0.15, 0.2) is 12.1 Å². The van der Waals surface area contributed by atoms with Gasteiger partial charge < -0.3 is 76.3 Å². The summed E-state index contributed by atoms with van der Waals surface area (Å²) in [7, 11) is 0. The Labute approximate surface area is 269 Å². The van der Waals surface area contributed by atoms with Crippen LogP contribution in [0.3, 0.4) is 0 Å². The fourth-order valence-electron chi connectivity index (χ4n) is 5.45. The maximum Gasteiger partial charge on any atom is 0.228 e. The molecule has 16 nitrogen and oxygen atoms in total. The van der Waals surface area contributed by atoms with E-state index in [0.717, 1.165) is 0 Å². The first-order chi connectivity index (χ1) is 21.3. The largest absolute Gasteiger partial charge is 0.394 e. The van der Waals surface area contributed by atoms with Gasteiger partial charge in [-0.2, -0.15) is 0 Å². The summed E-state index contributed by atoms with van der Waals surface area (Å²) in [6.45, 7) is 7.30. The van der Waals surface area contributed by atoms with E-state index in [2.05, 4.69) is 5.32 Å². The van der Waals surface area contributed by atoms with Crippen LogP contribution in [-0.2, 0) is 19.0 Å². The highest BCUT2D eigenvalue weighted by atomic mass is 16.7. The number of aliphatic hydroxyl groups excluding tert-OH is 9. The maximum absolute atomic E-state index is 13.5. The first-order valence-corrected chi connectivity index (χ1v) is 15.8. The smallest absolute Gasteiger partial charge is 0.228 e. The van der Waals surface area contributed by atoms with E-state index >= 15 is 0 Å². The number of rotatable bonds is 16. The van der Waals surface area contributed by atoms with E-state index in [1.165, 1.54) is 0 Å². The molecule has 0 aromatic rings. The monoisotopic (exact) mass is 668 g/mol. The van der Waals surface area contributed by atoms with Crippen LogP contribution in [-0.4, -0.2) is 155 Å². The van der Waals surface area contributed by atoms with Gasteiger partial charge in [-0.25, -0.2) is 0 Å². The minimum Gasteiger partial charge on any atom is -0.394 e. The van der Waals surface area contributed by atoms with Crippen LogP contribution in [0.25, 0.3) is 0 Å². The highest BCUT2D eigenvalue weighted by molar-refractivity contribution is 5.80. The number of carbonyl (C=O) groups excluding carboxylic acids is 1. The second-order valence-corrected chi connectivity index (χ2v) is 13.3. The Bertz CT molecular complexity index is 959. The van der Waals surface area contributed by atoms with E-state index < -0.39 is 117 Å². The SMILES string of the molecule is CC(C)/C=C/[C@@H](C[C@@H]1O[C@](O)(C[C@@H](O)C(C)C)C[C@H](O)[C@H]1C(=O)NCC(O)C(O)C(O)C(O)CO)OC1OC(C)C(O)C(N)C1O. The molecule has 15 atom stereocenters. The molecule has 0 bridgehead atoms. The van der Waals surface area contributed by atoms with Crippen LogP contribution in [0, 0.1) is 17.8 Å². The van der Waals surface area contributed by atoms with Crippen molar-refractivity contribution in [2.75, 3.05) is 13.2 Å². The molecule has 2 fully saturated rings. The molecule has 0 aromatic heterocycles.